The molecular weight excluding hydrogens is 248 g/mol. The van der Waals surface area contributed by atoms with Crippen molar-refractivity contribution >= 4 is 11.0 Å². The van der Waals surface area contributed by atoms with Crippen molar-refractivity contribution in [3.8, 4) is 0 Å². The van der Waals surface area contributed by atoms with Gasteiger partial charge in [0.1, 0.15) is 5.82 Å². The molecule has 108 valence electrons. The average molecular weight is 272 g/mol. The molecule has 1 atom stereocenters. The first-order valence-electron chi connectivity index (χ1n) is 7.77. The van der Waals surface area contributed by atoms with Crippen LogP contribution in [0.3, 0.4) is 0 Å². The second-order valence-electron chi connectivity index (χ2n) is 5.72. The van der Waals surface area contributed by atoms with E-state index in [1.807, 2.05) is 12.1 Å². The van der Waals surface area contributed by atoms with Gasteiger partial charge in [-0.2, -0.15) is 0 Å². The minimum atomic E-state index is 0.815. The zero-order chi connectivity index (χ0) is 13.6. The highest BCUT2D eigenvalue weighted by Crippen LogP contribution is 2.11. The molecule has 1 aromatic heterocycles. The van der Waals surface area contributed by atoms with Crippen molar-refractivity contribution in [3.05, 3.63) is 30.1 Å². The number of piperidine rings is 1. The number of benzene rings is 1. The summed E-state index contributed by atoms with van der Waals surface area (Å²) in [6.07, 6.45) is 4.85. The highest BCUT2D eigenvalue weighted by atomic mass is 14.9. The standard InChI is InChI=1S/C16H24N4/c1-2-7-15-14(6-1)19-16(20-15)8-4-10-18-12-13-5-3-9-17-11-13/h1-2,6-7,13,17-18H,3-5,8-12H2,(H,19,20). The van der Waals surface area contributed by atoms with Crippen molar-refractivity contribution < 1.29 is 0 Å². The number of para-hydroxylation sites is 2. The highest BCUT2D eigenvalue weighted by Gasteiger charge is 2.11. The summed E-state index contributed by atoms with van der Waals surface area (Å²) < 4.78 is 0. The Morgan fingerprint density at radius 3 is 3.10 bits per heavy atom. The first kappa shape index (κ1) is 13.6. The van der Waals surface area contributed by atoms with E-state index >= 15 is 0 Å². The number of rotatable bonds is 6. The Hall–Kier alpha value is -1.39. The van der Waals surface area contributed by atoms with Crippen molar-refractivity contribution in [1.82, 2.24) is 20.6 Å². The largest absolute Gasteiger partial charge is 0.342 e. The molecule has 1 aliphatic rings. The van der Waals surface area contributed by atoms with Gasteiger partial charge in [0.25, 0.3) is 0 Å². The molecule has 1 aliphatic heterocycles. The first-order valence-corrected chi connectivity index (χ1v) is 7.77. The first-order chi connectivity index (χ1) is 9.92. The van der Waals surface area contributed by atoms with Gasteiger partial charge >= 0.3 is 0 Å². The lowest BCUT2D eigenvalue weighted by molar-refractivity contribution is 0.360. The summed E-state index contributed by atoms with van der Waals surface area (Å²) in [6, 6.07) is 8.22. The molecule has 0 radical (unpaired) electrons. The molecule has 0 saturated carbocycles. The number of aryl methyl sites for hydroxylation is 1. The van der Waals surface area contributed by atoms with E-state index in [0.29, 0.717) is 0 Å². The van der Waals surface area contributed by atoms with Gasteiger partial charge in [-0.3, -0.25) is 0 Å². The zero-order valence-electron chi connectivity index (χ0n) is 12.0. The summed E-state index contributed by atoms with van der Waals surface area (Å²) in [5.74, 6) is 1.92. The lowest BCUT2D eigenvalue weighted by Gasteiger charge is -2.22. The summed E-state index contributed by atoms with van der Waals surface area (Å²) >= 11 is 0. The molecule has 1 aromatic carbocycles. The number of aromatic nitrogens is 2. The summed E-state index contributed by atoms with van der Waals surface area (Å²) in [6.45, 7) is 4.60. The minimum Gasteiger partial charge on any atom is -0.342 e. The fourth-order valence-electron chi connectivity index (χ4n) is 2.91. The molecular formula is C16H24N4. The van der Waals surface area contributed by atoms with E-state index in [4.69, 9.17) is 0 Å². The van der Waals surface area contributed by atoms with E-state index in [9.17, 15) is 0 Å². The Balaban J connectivity index is 1.37. The van der Waals surface area contributed by atoms with Crippen molar-refractivity contribution in [2.45, 2.75) is 25.7 Å². The van der Waals surface area contributed by atoms with Crippen molar-refractivity contribution in [1.29, 1.82) is 0 Å². The number of hydrogen-bond donors (Lipinski definition) is 3. The van der Waals surface area contributed by atoms with Gasteiger partial charge in [-0.25, -0.2) is 4.98 Å². The number of aromatic amines is 1. The number of nitrogens with zero attached hydrogens (tertiary/aromatic N) is 1. The molecule has 4 nitrogen and oxygen atoms in total. The third kappa shape index (κ3) is 3.58. The predicted molar refractivity (Wildman–Crippen MR) is 82.9 cm³/mol. The van der Waals surface area contributed by atoms with Crippen LogP contribution in [-0.4, -0.2) is 36.1 Å². The highest BCUT2D eigenvalue weighted by molar-refractivity contribution is 5.74. The van der Waals surface area contributed by atoms with Gasteiger partial charge in [-0.15, -0.1) is 0 Å². The summed E-state index contributed by atoms with van der Waals surface area (Å²) in [7, 11) is 0. The smallest absolute Gasteiger partial charge is 0.107 e. The minimum absolute atomic E-state index is 0.815. The normalized spacial score (nSPS) is 19.5. The Bertz CT molecular complexity index is 495. The maximum Gasteiger partial charge on any atom is 0.107 e. The van der Waals surface area contributed by atoms with Crippen molar-refractivity contribution in [2.75, 3.05) is 26.2 Å². The molecule has 1 saturated heterocycles. The predicted octanol–water partition coefficient (Wildman–Crippen LogP) is 2.08. The van der Waals surface area contributed by atoms with Gasteiger partial charge in [0, 0.05) is 6.42 Å². The Labute approximate surface area is 120 Å². The van der Waals surface area contributed by atoms with Crippen LogP contribution in [0.1, 0.15) is 25.1 Å². The molecule has 0 spiro atoms. The quantitative estimate of drug-likeness (QED) is 0.706. The second-order valence-corrected chi connectivity index (χ2v) is 5.72. The maximum absolute atomic E-state index is 4.61. The van der Waals surface area contributed by atoms with Gasteiger partial charge in [0.2, 0.25) is 0 Å². The molecule has 0 bridgehead atoms. The van der Waals surface area contributed by atoms with E-state index in [2.05, 4.69) is 32.7 Å². The van der Waals surface area contributed by atoms with Gasteiger partial charge in [-0.05, 0) is 63.5 Å². The number of fused-ring (bicyclic) bond motifs is 1. The lowest BCUT2D eigenvalue weighted by atomic mass is 10.00. The number of hydrogen-bond acceptors (Lipinski definition) is 3. The van der Waals surface area contributed by atoms with Gasteiger partial charge in [0.05, 0.1) is 11.0 Å². The summed E-state index contributed by atoms with van der Waals surface area (Å²) in [4.78, 5) is 7.99. The topological polar surface area (TPSA) is 52.7 Å². The zero-order valence-corrected chi connectivity index (χ0v) is 12.0. The monoisotopic (exact) mass is 272 g/mol. The molecule has 2 aromatic rings. The molecule has 1 unspecified atom stereocenters. The van der Waals surface area contributed by atoms with Crippen LogP contribution < -0.4 is 10.6 Å². The van der Waals surface area contributed by atoms with Crippen LogP contribution in [0.5, 0.6) is 0 Å². The van der Waals surface area contributed by atoms with Crippen molar-refractivity contribution in [2.24, 2.45) is 5.92 Å². The SMILES string of the molecule is c1ccc2[nH]c(CCCNCC3CCCNC3)nc2c1. The molecule has 2 heterocycles. The van der Waals surface area contributed by atoms with E-state index in [1.54, 1.807) is 0 Å². The van der Waals surface area contributed by atoms with Gasteiger partial charge in [0.15, 0.2) is 0 Å². The van der Waals surface area contributed by atoms with Crippen LogP contribution in [0, 0.1) is 5.92 Å². The third-order valence-corrected chi connectivity index (χ3v) is 4.04. The van der Waals surface area contributed by atoms with Crippen LogP contribution in [0.25, 0.3) is 11.0 Å². The van der Waals surface area contributed by atoms with Crippen LogP contribution >= 0.6 is 0 Å². The maximum atomic E-state index is 4.61. The number of imidazole rings is 1. The van der Waals surface area contributed by atoms with Gasteiger partial charge < -0.3 is 15.6 Å². The van der Waals surface area contributed by atoms with Crippen LogP contribution in [-0.2, 0) is 6.42 Å². The molecule has 3 N–H and O–H groups in total. The second kappa shape index (κ2) is 6.86. The van der Waals surface area contributed by atoms with Crippen LogP contribution in [0.4, 0.5) is 0 Å². The fraction of sp³-hybridized carbons (Fsp3) is 0.562. The van der Waals surface area contributed by atoms with E-state index in [1.165, 1.54) is 25.9 Å². The fourth-order valence-corrected chi connectivity index (χ4v) is 2.91. The average Bonchev–Trinajstić information content (AvgIpc) is 2.90. The molecule has 4 heteroatoms. The molecule has 3 rings (SSSR count). The van der Waals surface area contributed by atoms with E-state index < -0.39 is 0 Å². The Morgan fingerprint density at radius 2 is 2.25 bits per heavy atom. The number of H-pyrrole nitrogens is 1. The molecule has 1 fully saturated rings. The van der Waals surface area contributed by atoms with E-state index in [0.717, 1.165) is 48.7 Å². The Kier molecular flexibility index (Phi) is 4.66. The molecule has 0 aliphatic carbocycles. The Morgan fingerprint density at radius 1 is 1.30 bits per heavy atom. The molecule has 0 amide bonds. The summed E-state index contributed by atoms with van der Waals surface area (Å²) in [5.41, 5.74) is 2.22. The summed E-state index contributed by atoms with van der Waals surface area (Å²) in [5, 5.41) is 7.04. The third-order valence-electron chi connectivity index (χ3n) is 4.04. The van der Waals surface area contributed by atoms with E-state index in [-0.39, 0.29) is 0 Å². The number of nitrogens with one attached hydrogen (secondary N) is 3. The van der Waals surface area contributed by atoms with Crippen LogP contribution in [0.15, 0.2) is 24.3 Å². The van der Waals surface area contributed by atoms with Gasteiger partial charge in [-0.1, -0.05) is 12.1 Å². The van der Waals surface area contributed by atoms with Crippen molar-refractivity contribution in [3.63, 3.8) is 0 Å². The van der Waals surface area contributed by atoms with Crippen LogP contribution in [0.2, 0.25) is 0 Å². The lowest BCUT2D eigenvalue weighted by Crippen LogP contribution is -2.36. The molecule has 20 heavy (non-hydrogen) atoms.